The van der Waals surface area contributed by atoms with Crippen molar-refractivity contribution in [2.45, 2.75) is 56.4 Å². The second kappa shape index (κ2) is 5.15. The molecule has 4 rings (SSSR count). The molecule has 0 radical (unpaired) electrons. The Balaban J connectivity index is 1.78. The fraction of sp³-hybridized carbons (Fsp3) is 0.429. The number of para-hydroxylation sites is 1. The standard InChI is InChI=1S/C21H25N/c1-20(16-17-10-4-2-5-11-17)21(14-8-3-9-15-21)18-12-6-7-13-19(18)22-20/h2,4-7,10-13,22H,3,8-9,14-16H2,1H3. The highest BCUT2D eigenvalue weighted by molar-refractivity contribution is 5.65. The molecule has 2 aromatic rings. The largest absolute Gasteiger partial charge is 0.378 e. The van der Waals surface area contributed by atoms with Gasteiger partial charge in [0, 0.05) is 16.6 Å². The quantitative estimate of drug-likeness (QED) is 0.790. The molecular weight excluding hydrogens is 266 g/mol. The summed E-state index contributed by atoms with van der Waals surface area (Å²) in [6.45, 7) is 2.45. The van der Waals surface area contributed by atoms with Gasteiger partial charge in [-0.25, -0.2) is 0 Å². The minimum atomic E-state index is 0.123. The van der Waals surface area contributed by atoms with Crippen molar-refractivity contribution in [3.8, 4) is 0 Å². The first kappa shape index (κ1) is 13.9. The van der Waals surface area contributed by atoms with Crippen LogP contribution in [0.1, 0.15) is 50.2 Å². The van der Waals surface area contributed by atoms with Crippen LogP contribution in [0.5, 0.6) is 0 Å². The van der Waals surface area contributed by atoms with E-state index in [0.717, 1.165) is 6.42 Å². The maximum atomic E-state index is 3.92. The molecule has 1 heteroatoms. The second-order valence-electron chi connectivity index (χ2n) is 7.31. The smallest absolute Gasteiger partial charge is 0.0483 e. The predicted octanol–water partition coefficient (Wildman–Crippen LogP) is 5.32. The summed E-state index contributed by atoms with van der Waals surface area (Å²) in [7, 11) is 0. The summed E-state index contributed by atoms with van der Waals surface area (Å²) in [4.78, 5) is 0. The molecular formula is C21H25N. The maximum absolute atomic E-state index is 3.92. The van der Waals surface area contributed by atoms with Gasteiger partial charge in [-0.3, -0.25) is 0 Å². The maximum Gasteiger partial charge on any atom is 0.0483 e. The van der Waals surface area contributed by atoms with Gasteiger partial charge in [0.15, 0.2) is 0 Å². The molecule has 1 saturated carbocycles. The monoisotopic (exact) mass is 291 g/mol. The lowest BCUT2D eigenvalue weighted by molar-refractivity contribution is 0.198. The molecule has 0 aromatic heterocycles. The highest BCUT2D eigenvalue weighted by atomic mass is 15.0. The van der Waals surface area contributed by atoms with Crippen molar-refractivity contribution in [1.82, 2.24) is 0 Å². The van der Waals surface area contributed by atoms with Gasteiger partial charge in [0.05, 0.1) is 0 Å². The molecule has 0 saturated heterocycles. The van der Waals surface area contributed by atoms with Gasteiger partial charge < -0.3 is 5.32 Å². The third kappa shape index (κ3) is 1.99. The van der Waals surface area contributed by atoms with Crippen molar-refractivity contribution in [3.05, 3.63) is 65.7 Å². The normalized spacial score (nSPS) is 25.7. The molecule has 1 fully saturated rings. The Bertz CT molecular complexity index is 655. The number of anilines is 1. The van der Waals surface area contributed by atoms with E-state index in [4.69, 9.17) is 0 Å². The van der Waals surface area contributed by atoms with Crippen LogP contribution in [-0.2, 0) is 11.8 Å². The van der Waals surface area contributed by atoms with Crippen LogP contribution in [0.25, 0.3) is 0 Å². The second-order valence-corrected chi connectivity index (χ2v) is 7.31. The lowest BCUT2D eigenvalue weighted by Gasteiger charge is -2.47. The van der Waals surface area contributed by atoms with E-state index in [-0.39, 0.29) is 5.54 Å². The van der Waals surface area contributed by atoms with E-state index in [1.807, 2.05) is 0 Å². The number of benzene rings is 2. The molecule has 1 unspecified atom stereocenters. The molecule has 1 spiro atoms. The van der Waals surface area contributed by atoms with E-state index in [2.05, 4.69) is 66.8 Å². The molecule has 1 heterocycles. The summed E-state index contributed by atoms with van der Waals surface area (Å²) in [5, 5.41) is 3.92. The van der Waals surface area contributed by atoms with Gasteiger partial charge in [0.2, 0.25) is 0 Å². The van der Waals surface area contributed by atoms with Gasteiger partial charge in [-0.1, -0.05) is 67.8 Å². The van der Waals surface area contributed by atoms with Crippen LogP contribution >= 0.6 is 0 Å². The molecule has 1 N–H and O–H groups in total. The van der Waals surface area contributed by atoms with Crippen LogP contribution in [0.2, 0.25) is 0 Å². The Labute approximate surface area is 133 Å². The molecule has 0 bridgehead atoms. The highest BCUT2D eigenvalue weighted by Gasteiger charge is 2.54. The third-order valence-corrected chi connectivity index (χ3v) is 6.02. The summed E-state index contributed by atoms with van der Waals surface area (Å²) in [5.41, 5.74) is 4.79. The lowest BCUT2D eigenvalue weighted by Crippen LogP contribution is -2.52. The molecule has 1 aliphatic heterocycles. The van der Waals surface area contributed by atoms with Gasteiger partial charge >= 0.3 is 0 Å². The zero-order chi connectivity index (χ0) is 15.0. The summed E-state index contributed by atoms with van der Waals surface area (Å²) in [6.07, 6.45) is 7.86. The molecule has 1 aliphatic carbocycles. The Morgan fingerprint density at radius 3 is 2.32 bits per heavy atom. The first-order valence-electron chi connectivity index (χ1n) is 8.65. The topological polar surface area (TPSA) is 12.0 Å². The Hall–Kier alpha value is -1.76. The minimum Gasteiger partial charge on any atom is -0.378 e. The molecule has 0 amide bonds. The van der Waals surface area contributed by atoms with E-state index in [0.29, 0.717) is 5.41 Å². The minimum absolute atomic E-state index is 0.123. The van der Waals surface area contributed by atoms with E-state index in [1.54, 1.807) is 5.56 Å². The average Bonchev–Trinajstić information content (AvgIpc) is 2.78. The average molecular weight is 291 g/mol. The molecule has 2 aliphatic rings. The number of rotatable bonds is 2. The predicted molar refractivity (Wildman–Crippen MR) is 93.4 cm³/mol. The number of hydrogen-bond donors (Lipinski definition) is 1. The van der Waals surface area contributed by atoms with Crippen LogP contribution in [-0.4, -0.2) is 5.54 Å². The summed E-state index contributed by atoms with van der Waals surface area (Å²) < 4.78 is 0. The van der Waals surface area contributed by atoms with Gasteiger partial charge in [0.1, 0.15) is 0 Å². The number of nitrogens with one attached hydrogen (secondary N) is 1. The third-order valence-electron chi connectivity index (χ3n) is 6.02. The Morgan fingerprint density at radius 2 is 1.55 bits per heavy atom. The summed E-state index contributed by atoms with van der Waals surface area (Å²) >= 11 is 0. The Morgan fingerprint density at radius 1 is 0.864 bits per heavy atom. The van der Waals surface area contributed by atoms with Crippen LogP contribution in [0.4, 0.5) is 5.69 Å². The van der Waals surface area contributed by atoms with E-state index < -0.39 is 0 Å². The molecule has 114 valence electrons. The zero-order valence-electron chi connectivity index (χ0n) is 13.4. The highest BCUT2D eigenvalue weighted by Crippen LogP contribution is 2.56. The molecule has 22 heavy (non-hydrogen) atoms. The Kier molecular flexibility index (Phi) is 3.25. The fourth-order valence-corrected chi connectivity index (χ4v) is 4.92. The van der Waals surface area contributed by atoms with Crippen LogP contribution < -0.4 is 5.32 Å². The molecule has 2 aromatic carbocycles. The van der Waals surface area contributed by atoms with Gasteiger partial charge in [-0.15, -0.1) is 0 Å². The number of hydrogen-bond acceptors (Lipinski definition) is 1. The number of fused-ring (bicyclic) bond motifs is 2. The molecule has 1 atom stereocenters. The SMILES string of the molecule is CC1(Cc2ccccc2)Nc2ccccc2C12CCCCC2. The van der Waals surface area contributed by atoms with Gasteiger partial charge in [-0.2, -0.15) is 0 Å². The van der Waals surface area contributed by atoms with Crippen LogP contribution in [0.15, 0.2) is 54.6 Å². The van der Waals surface area contributed by atoms with Gasteiger partial charge in [-0.05, 0) is 43.4 Å². The zero-order valence-corrected chi connectivity index (χ0v) is 13.4. The van der Waals surface area contributed by atoms with Gasteiger partial charge in [0.25, 0.3) is 0 Å². The van der Waals surface area contributed by atoms with Crippen molar-refractivity contribution in [2.75, 3.05) is 5.32 Å². The lowest BCUT2D eigenvalue weighted by atomic mass is 9.59. The van der Waals surface area contributed by atoms with E-state index >= 15 is 0 Å². The van der Waals surface area contributed by atoms with Crippen molar-refractivity contribution < 1.29 is 0 Å². The van der Waals surface area contributed by atoms with E-state index in [9.17, 15) is 0 Å². The molecule has 1 nitrogen and oxygen atoms in total. The van der Waals surface area contributed by atoms with E-state index in [1.165, 1.54) is 43.4 Å². The van der Waals surface area contributed by atoms with Crippen molar-refractivity contribution >= 4 is 5.69 Å². The fourth-order valence-electron chi connectivity index (χ4n) is 4.92. The first-order chi connectivity index (χ1) is 10.7. The first-order valence-corrected chi connectivity index (χ1v) is 8.65. The van der Waals surface area contributed by atoms with Crippen molar-refractivity contribution in [3.63, 3.8) is 0 Å². The summed E-state index contributed by atoms with van der Waals surface area (Å²) in [6, 6.07) is 20.0. The van der Waals surface area contributed by atoms with Crippen LogP contribution in [0.3, 0.4) is 0 Å². The van der Waals surface area contributed by atoms with Crippen molar-refractivity contribution in [1.29, 1.82) is 0 Å². The van der Waals surface area contributed by atoms with Crippen LogP contribution in [0, 0.1) is 0 Å². The van der Waals surface area contributed by atoms with Crippen molar-refractivity contribution in [2.24, 2.45) is 0 Å². The summed E-state index contributed by atoms with van der Waals surface area (Å²) in [5.74, 6) is 0.